The lowest BCUT2D eigenvalue weighted by Crippen LogP contribution is -2.37. The van der Waals surface area contributed by atoms with Crippen molar-refractivity contribution in [1.29, 1.82) is 0 Å². The van der Waals surface area contributed by atoms with Crippen LogP contribution in [0.2, 0.25) is 0 Å². The second-order valence-corrected chi connectivity index (χ2v) is 5.16. The van der Waals surface area contributed by atoms with Crippen LogP contribution >= 0.6 is 0 Å². The number of hydrogen-bond donors (Lipinski definition) is 0. The van der Waals surface area contributed by atoms with Crippen molar-refractivity contribution in [2.75, 3.05) is 6.54 Å². The summed E-state index contributed by atoms with van der Waals surface area (Å²) in [6, 6.07) is 10.7. The predicted octanol–water partition coefficient (Wildman–Crippen LogP) is 2.04. The molecule has 0 N–H and O–H groups in total. The van der Waals surface area contributed by atoms with Gasteiger partial charge in [0.05, 0.1) is 12.2 Å². The molecular weight excluding hydrogens is 238 g/mol. The summed E-state index contributed by atoms with van der Waals surface area (Å²) in [6.07, 6.45) is 3.88. The standard InChI is InChI=1S/C14H19N5/c1-12-7-5-6-10-18(12)11-14-15-16-17-19(14)13-8-3-2-4-9-13/h2-4,8-9,12H,5-7,10-11H2,1H3/t12-/m0/s1. The minimum absolute atomic E-state index is 0.620. The lowest BCUT2D eigenvalue weighted by molar-refractivity contribution is 0.148. The molecule has 1 aliphatic rings. The fourth-order valence-corrected chi connectivity index (χ4v) is 2.65. The number of nitrogens with zero attached hydrogens (tertiary/aromatic N) is 5. The Labute approximate surface area is 113 Å². The molecule has 100 valence electrons. The van der Waals surface area contributed by atoms with Crippen molar-refractivity contribution in [1.82, 2.24) is 25.1 Å². The Morgan fingerprint density at radius 3 is 2.84 bits per heavy atom. The topological polar surface area (TPSA) is 46.8 Å². The number of tetrazole rings is 1. The normalized spacial score (nSPS) is 20.6. The van der Waals surface area contributed by atoms with Gasteiger partial charge < -0.3 is 0 Å². The zero-order valence-electron chi connectivity index (χ0n) is 11.2. The van der Waals surface area contributed by atoms with Gasteiger partial charge >= 0.3 is 0 Å². The zero-order valence-corrected chi connectivity index (χ0v) is 11.2. The van der Waals surface area contributed by atoms with Crippen LogP contribution in [0.1, 0.15) is 32.0 Å². The molecule has 1 fully saturated rings. The Morgan fingerprint density at radius 2 is 2.05 bits per heavy atom. The number of piperidine rings is 1. The van der Waals surface area contributed by atoms with Crippen LogP contribution in [0.5, 0.6) is 0 Å². The zero-order chi connectivity index (χ0) is 13.1. The highest BCUT2D eigenvalue weighted by Gasteiger charge is 2.21. The molecule has 2 heterocycles. The molecule has 2 aromatic rings. The average Bonchev–Trinajstić information content (AvgIpc) is 2.91. The maximum Gasteiger partial charge on any atom is 0.170 e. The molecule has 3 rings (SSSR count). The Hall–Kier alpha value is -1.75. The van der Waals surface area contributed by atoms with Crippen molar-refractivity contribution in [3.8, 4) is 5.69 Å². The van der Waals surface area contributed by atoms with Gasteiger partial charge in [0.15, 0.2) is 5.82 Å². The summed E-state index contributed by atoms with van der Waals surface area (Å²) < 4.78 is 1.83. The summed E-state index contributed by atoms with van der Waals surface area (Å²) in [7, 11) is 0. The maximum absolute atomic E-state index is 4.18. The molecule has 0 aliphatic carbocycles. The molecule has 5 nitrogen and oxygen atoms in total. The lowest BCUT2D eigenvalue weighted by atomic mass is 10.0. The number of para-hydroxylation sites is 1. The molecule has 0 unspecified atom stereocenters. The van der Waals surface area contributed by atoms with Gasteiger partial charge in [0, 0.05) is 6.04 Å². The van der Waals surface area contributed by atoms with E-state index in [1.165, 1.54) is 19.3 Å². The van der Waals surface area contributed by atoms with E-state index in [2.05, 4.69) is 27.3 Å². The maximum atomic E-state index is 4.18. The average molecular weight is 257 g/mol. The number of benzene rings is 1. The fourth-order valence-electron chi connectivity index (χ4n) is 2.65. The van der Waals surface area contributed by atoms with Gasteiger partial charge in [-0.25, -0.2) is 0 Å². The van der Waals surface area contributed by atoms with E-state index >= 15 is 0 Å². The van der Waals surface area contributed by atoms with Crippen molar-refractivity contribution in [2.24, 2.45) is 0 Å². The van der Waals surface area contributed by atoms with Gasteiger partial charge in [-0.2, -0.15) is 4.68 Å². The first kappa shape index (κ1) is 12.3. The molecule has 0 amide bonds. The molecule has 1 aromatic carbocycles. The Balaban J connectivity index is 1.81. The predicted molar refractivity (Wildman–Crippen MR) is 72.9 cm³/mol. The van der Waals surface area contributed by atoms with Crippen LogP contribution in [0.25, 0.3) is 5.69 Å². The molecule has 1 atom stereocenters. The molecule has 0 bridgehead atoms. The van der Waals surface area contributed by atoms with E-state index in [1.54, 1.807) is 0 Å². The van der Waals surface area contributed by atoms with Gasteiger partial charge in [0.1, 0.15) is 0 Å². The number of aromatic nitrogens is 4. The highest BCUT2D eigenvalue weighted by Crippen LogP contribution is 2.19. The SMILES string of the molecule is C[C@H]1CCCCN1Cc1nnnn1-c1ccccc1. The molecule has 1 aromatic heterocycles. The van der Waals surface area contributed by atoms with Crippen LogP contribution in [0.3, 0.4) is 0 Å². The number of likely N-dealkylation sites (tertiary alicyclic amines) is 1. The van der Waals surface area contributed by atoms with E-state index in [-0.39, 0.29) is 0 Å². The third-order valence-electron chi connectivity index (χ3n) is 3.82. The van der Waals surface area contributed by atoms with Gasteiger partial charge in [-0.1, -0.05) is 24.6 Å². The Kier molecular flexibility index (Phi) is 3.55. The van der Waals surface area contributed by atoms with Crippen LogP contribution in [0.15, 0.2) is 30.3 Å². The molecule has 0 saturated carbocycles. The first-order valence-corrected chi connectivity index (χ1v) is 6.91. The molecule has 1 aliphatic heterocycles. The molecule has 1 saturated heterocycles. The van der Waals surface area contributed by atoms with E-state index in [1.807, 2.05) is 35.0 Å². The van der Waals surface area contributed by atoms with Crippen LogP contribution in [0.4, 0.5) is 0 Å². The summed E-state index contributed by atoms with van der Waals surface area (Å²) in [4.78, 5) is 2.47. The van der Waals surface area contributed by atoms with Gasteiger partial charge in [-0.05, 0) is 48.9 Å². The van der Waals surface area contributed by atoms with Crippen LogP contribution in [-0.4, -0.2) is 37.7 Å². The number of rotatable bonds is 3. The quantitative estimate of drug-likeness (QED) is 0.844. The van der Waals surface area contributed by atoms with E-state index in [0.717, 1.165) is 24.6 Å². The third kappa shape index (κ3) is 2.66. The third-order valence-corrected chi connectivity index (χ3v) is 3.82. The largest absolute Gasteiger partial charge is 0.293 e. The minimum Gasteiger partial charge on any atom is -0.293 e. The van der Waals surface area contributed by atoms with E-state index in [9.17, 15) is 0 Å². The van der Waals surface area contributed by atoms with Crippen molar-refractivity contribution in [3.05, 3.63) is 36.2 Å². The summed E-state index contributed by atoms with van der Waals surface area (Å²) in [5.41, 5.74) is 1.02. The monoisotopic (exact) mass is 257 g/mol. The van der Waals surface area contributed by atoms with Crippen LogP contribution in [0, 0.1) is 0 Å². The van der Waals surface area contributed by atoms with Crippen molar-refractivity contribution < 1.29 is 0 Å². The van der Waals surface area contributed by atoms with Crippen molar-refractivity contribution >= 4 is 0 Å². The van der Waals surface area contributed by atoms with Gasteiger partial charge in [0.2, 0.25) is 0 Å². The Bertz CT molecular complexity index is 522. The molecule has 0 spiro atoms. The number of hydrogen-bond acceptors (Lipinski definition) is 4. The van der Waals surface area contributed by atoms with E-state index in [4.69, 9.17) is 0 Å². The summed E-state index contributed by atoms with van der Waals surface area (Å²) in [5.74, 6) is 0.917. The van der Waals surface area contributed by atoms with Crippen molar-refractivity contribution in [2.45, 2.75) is 38.8 Å². The fraction of sp³-hybridized carbons (Fsp3) is 0.500. The first-order chi connectivity index (χ1) is 9.34. The first-order valence-electron chi connectivity index (χ1n) is 6.91. The van der Waals surface area contributed by atoms with Gasteiger partial charge in [0.25, 0.3) is 0 Å². The Morgan fingerprint density at radius 1 is 1.21 bits per heavy atom. The summed E-state index contributed by atoms with van der Waals surface area (Å²) in [6.45, 7) is 4.25. The summed E-state index contributed by atoms with van der Waals surface area (Å²) >= 11 is 0. The van der Waals surface area contributed by atoms with E-state index < -0.39 is 0 Å². The second kappa shape index (κ2) is 5.48. The molecule has 0 radical (unpaired) electrons. The van der Waals surface area contributed by atoms with Gasteiger partial charge in [-0.3, -0.25) is 4.90 Å². The molecule has 5 heteroatoms. The second-order valence-electron chi connectivity index (χ2n) is 5.16. The summed E-state index contributed by atoms with van der Waals surface area (Å²) in [5, 5.41) is 12.1. The minimum atomic E-state index is 0.620. The van der Waals surface area contributed by atoms with Crippen LogP contribution < -0.4 is 0 Å². The van der Waals surface area contributed by atoms with Crippen LogP contribution in [-0.2, 0) is 6.54 Å². The molecule has 19 heavy (non-hydrogen) atoms. The van der Waals surface area contributed by atoms with E-state index in [0.29, 0.717) is 6.04 Å². The van der Waals surface area contributed by atoms with Crippen molar-refractivity contribution in [3.63, 3.8) is 0 Å². The molecular formula is C14H19N5. The highest BCUT2D eigenvalue weighted by molar-refractivity contribution is 5.30. The highest BCUT2D eigenvalue weighted by atomic mass is 15.5. The van der Waals surface area contributed by atoms with Gasteiger partial charge in [-0.15, -0.1) is 5.10 Å². The smallest absolute Gasteiger partial charge is 0.170 e. The lowest BCUT2D eigenvalue weighted by Gasteiger charge is -2.32.